The first-order valence-electron chi connectivity index (χ1n) is 9.11. The SMILES string of the molecule is CCOC(O)c1cc(-c2ccc(OC)cc2)nc2c1c(C)nn2C(C)(C)C. The van der Waals surface area contributed by atoms with E-state index in [1.807, 2.05) is 48.9 Å². The van der Waals surface area contributed by atoms with Gasteiger partial charge < -0.3 is 14.6 Å². The van der Waals surface area contributed by atoms with Crippen molar-refractivity contribution in [2.75, 3.05) is 13.7 Å². The maximum Gasteiger partial charge on any atom is 0.182 e. The second-order valence-electron chi connectivity index (χ2n) is 7.50. The molecule has 0 aliphatic rings. The molecule has 3 aromatic rings. The number of aliphatic hydroxyl groups excluding tert-OH is 1. The predicted molar refractivity (Wildman–Crippen MR) is 106 cm³/mol. The first-order chi connectivity index (χ1) is 12.8. The van der Waals surface area contributed by atoms with Gasteiger partial charge in [0, 0.05) is 17.7 Å². The molecule has 0 aliphatic heterocycles. The third-order valence-electron chi connectivity index (χ3n) is 4.46. The number of methoxy groups -OCH3 is 1. The molecule has 0 aliphatic carbocycles. The summed E-state index contributed by atoms with van der Waals surface area (Å²) in [6, 6.07) is 9.58. The van der Waals surface area contributed by atoms with Gasteiger partial charge in [-0.05, 0) is 65.0 Å². The Hall–Kier alpha value is -2.44. The number of aryl methyl sites for hydroxylation is 1. The zero-order valence-electron chi connectivity index (χ0n) is 16.8. The van der Waals surface area contributed by atoms with Crippen LogP contribution in [-0.4, -0.2) is 33.6 Å². The van der Waals surface area contributed by atoms with Gasteiger partial charge in [-0.25, -0.2) is 9.67 Å². The van der Waals surface area contributed by atoms with E-state index < -0.39 is 6.29 Å². The van der Waals surface area contributed by atoms with E-state index in [0.29, 0.717) is 12.2 Å². The number of hydrogen-bond acceptors (Lipinski definition) is 5. The minimum absolute atomic E-state index is 0.244. The van der Waals surface area contributed by atoms with Crippen molar-refractivity contribution in [1.29, 1.82) is 0 Å². The predicted octanol–water partition coefficient (Wildman–Crippen LogP) is 4.20. The molecule has 2 aromatic heterocycles. The molecule has 0 radical (unpaired) electrons. The van der Waals surface area contributed by atoms with Crippen LogP contribution in [0.4, 0.5) is 0 Å². The van der Waals surface area contributed by atoms with Crippen molar-refractivity contribution in [3.05, 3.63) is 41.6 Å². The van der Waals surface area contributed by atoms with E-state index >= 15 is 0 Å². The molecule has 1 aromatic carbocycles. The van der Waals surface area contributed by atoms with Crippen LogP contribution in [0.1, 0.15) is 45.2 Å². The van der Waals surface area contributed by atoms with Crippen molar-refractivity contribution in [3.8, 4) is 17.0 Å². The fourth-order valence-corrected chi connectivity index (χ4v) is 3.14. The quantitative estimate of drug-likeness (QED) is 0.683. The number of benzene rings is 1. The molecular formula is C21H27N3O3. The zero-order chi connectivity index (χ0) is 19.8. The molecule has 0 bridgehead atoms. The van der Waals surface area contributed by atoms with Crippen LogP contribution in [0.25, 0.3) is 22.3 Å². The second-order valence-corrected chi connectivity index (χ2v) is 7.50. The highest BCUT2D eigenvalue weighted by molar-refractivity contribution is 5.85. The Morgan fingerprint density at radius 3 is 2.41 bits per heavy atom. The maximum atomic E-state index is 10.6. The topological polar surface area (TPSA) is 69.4 Å². The molecule has 144 valence electrons. The van der Waals surface area contributed by atoms with Gasteiger partial charge in [-0.15, -0.1) is 0 Å². The summed E-state index contributed by atoms with van der Waals surface area (Å²) in [5.41, 5.74) is 3.68. The van der Waals surface area contributed by atoms with Crippen LogP contribution < -0.4 is 4.74 Å². The van der Waals surface area contributed by atoms with Gasteiger partial charge in [0.2, 0.25) is 0 Å². The number of rotatable bonds is 5. The van der Waals surface area contributed by atoms with Gasteiger partial charge in [-0.2, -0.15) is 5.10 Å². The summed E-state index contributed by atoms with van der Waals surface area (Å²) >= 11 is 0. The number of fused-ring (bicyclic) bond motifs is 1. The van der Waals surface area contributed by atoms with Gasteiger partial charge in [0.25, 0.3) is 0 Å². The zero-order valence-corrected chi connectivity index (χ0v) is 16.8. The number of pyridine rings is 1. The molecular weight excluding hydrogens is 342 g/mol. The van der Waals surface area contributed by atoms with Crippen molar-refractivity contribution in [3.63, 3.8) is 0 Å². The Kier molecular flexibility index (Phi) is 5.22. The average Bonchev–Trinajstić information content (AvgIpc) is 2.98. The molecule has 0 spiro atoms. The third-order valence-corrected chi connectivity index (χ3v) is 4.46. The monoisotopic (exact) mass is 369 g/mol. The van der Waals surface area contributed by atoms with Crippen LogP contribution in [-0.2, 0) is 10.3 Å². The normalized spacial score (nSPS) is 13.1. The standard InChI is InChI=1S/C21H27N3O3/c1-7-27-20(25)16-12-17(14-8-10-15(26-6)11-9-14)22-19-18(16)13(2)23-24(19)21(3,4)5/h8-12,20,25H,7H2,1-6H3. The summed E-state index contributed by atoms with van der Waals surface area (Å²) in [4.78, 5) is 4.88. The minimum atomic E-state index is -1.03. The van der Waals surface area contributed by atoms with Crippen molar-refractivity contribution < 1.29 is 14.6 Å². The average molecular weight is 369 g/mol. The summed E-state index contributed by atoms with van der Waals surface area (Å²) in [5.74, 6) is 0.782. The van der Waals surface area contributed by atoms with Gasteiger partial charge in [-0.3, -0.25) is 0 Å². The van der Waals surface area contributed by atoms with Crippen LogP contribution in [0, 0.1) is 6.92 Å². The molecule has 2 heterocycles. The molecule has 3 rings (SSSR count). The van der Waals surface area contributed by atoms with Gasteiger partial charge in [0.15, 0.2) is 11.9 Å². The number of aromatic nitrogens is 3. The van der Waals surface area contributed by atoms with Gasteiger partial charge in [0.05, 0.1) is 29.4 Å². The Morgan fingerprint density at radius 1 is 1.19 bits per heavy atom. The van der Waals surface area contributed by atoms with E-state index in [1.165, 1.54) is 0 Å². The van der Waals surface area contributed by atoms with Crippen molar-refractivity contribution in [2.24, 2.45) is 0 Å². The van der Waals surface area contributed by atoms with E-state index in [0.717, 1.165) is 33.7 Å². The van der Waals surface area contributed by atoms with E-state index in [-0.39, 0.29) is 5.54 Å². The molecule has 0 saturated heterocycles. The molecule has 27 heavy (non-hydrogen) atoms. The Balaban J connectivity index is 2.28. The molecule has 6 heteroatoms. The minimum Gasteiger partial charge on any atom is -0.497 e. The first-order valence-corrected chi connectivity index (χ1v) is 9.11. The number of nitrogens with zero attached hydrogens (tertiary/aromatic N) is 3. The van der Waals surface area contributed by atoms with Crippen LogP contribution in [0.15, 0.2) is 30.3 Å². The van der Waals surface area contributed by atoms with Crippen LogP contribution in [0.3, 0.4) is 0 Å². The van der Waals surface area contributed by atoms with E-state index in [1.54, 1.807) is 7.11 Å². The Labute approximate surface area is 159 Å². The van der Waals surface area contributed by atoms with Gasteiger partial charge in [-0.1, -0.05) is 0 Å². The third kappa shape index (κ3) is 3.68. The molecule has 1 N–H and O–H groups in total. The van der Waals surface area contributed by atoms with Crippen LogP contribution in [0.2, 0.25) is 0 Å². The summed E-state index contributed by atoms with van der Waals surface area (Å²) in [5, 5.41) is 16.1. The lowest BCUT2D eigenvalue weighted by atomic mass is 10.0. The van der Waals surface area contributed by atoms with Crippen molar-refractivity contribution >= 4 is 11.0 Å². The highest BCUT2D eigenvalue weighted by Gasteiger charge is 2.25. The number of ether oxygens (including phenoxy) is 2. The Morgan fingerprint density at radius 2 is 1.85 bits per heavy atom. The highest BCUT2D eigenvalue weighted by atomic mass is 16.6. The lowest BCUT2D eigenvalue weighted by molar-refractivity contribution is -0.0970. The number of aliphatic hydroxyl groups is 1. The summed E-state index contributed by atoms with van der Waals surface area (Å²) < 4.78 is 12.6. The maximum absolute atomic E-state index is 10.6. The molecule has 1 unspecified atom stereocenters. The fourth-order valence-electron chi connectivity index (χ4n) is 3.14. The largest absolute Gasteiger partial charge is 0.497 e. The van der Waals surface area contributed by atoms with E-state index in [4.69, 9.17) is 19.6 Å². The lowest BCUT2D eigenvalue weighted by Crippen LogP contribution is -2.23. The molecule has 0 fully saturated rings. The Bertz CT molecular complexity index is 940. The first kappa shape index (κ1) is 19.3. The molecule has 6 nitrogen and oxygen atoms in total. The fraction of sp³-hybridized carbons (Fsp3) is 0.429. The molecule has 0 saturated carbocycles. The lowest BCUT2D eigenvalue weighted by Gasteiger charge is -2.21. The smallest absolute Gasteiger partial charge is 0.182 e. The summed E-state index contributed by atoms with van der Waals surface area (Å²) in [7, 11) is 1.64. The van der Waals surface area contributed by atoms with E-state index in [2.05, 4.69) is 20.8 Å². The van der Waals surface area contributed by atoms with Crippen molar-refractivity contribution in [2.45, 2.75) is 46.4 Å². The second kappa shape index (κ2) is 7.29. The van der Waals surface area contributed by atoms with E-state index in [9.17, 15) is 5.11 Å². The number of hydrogen-bond donors (Lipinski definition) is 1. The summed E-state index contributed by atoms with van der Waals surface area (Å²) in [6.45, 7) is 10.5. The highest BCUT2D eigenvalue weighted by Crippen LogP contribution is 2.33. The van der Waals surface area contributed by atoms with Crippen molar-refractivity contribution in [1.82, 2.24) is 14.8 Å². The van der Waals surface area contributed by atoms with Crippen LogP contribution >= 0.6 is 0 Å². The molecule has 1 atom stereocenters. The van der Waals surface area contributed by atoms with Gasteiger partial charge >= 0.3 is 0 Å². The molecule has 0 amide bonds. The summed E-state index contributed by atoms with van der Waals surface area (Å²) in [6.07, 6.45) is -1.03. The van der Waals surface area contributed by atoms with Crippen LogP contribution in [0.5, 0.6) is 5.75 Å². The van der Waals surface area contributed by atoms with Gasteiger partial charge in [0.1, 0.15) is 5.75 Å².